The van der Waals surface area contributed by atoms with Crippen LogP contribution in [0.25, 0.3) is 0 Å². The zero-order valence-electron chi connectivity index (χ0n) is 38.3. The summed E-state index contributed by atoms with van der Waals surface area (Å²) < 4.78 is 0. The molecule has 0 saturated heterocycles. The molecule has 4 aromatic carbocycles. The summed E-state index contributed by atoms with van der Waals surface area (Å²) >= 11 is 0. The van der Waals surface area contributed by atoms with E-state index in [-0.39, 0.29) is 37.0 Å². The molecule has 4 heteroatoms. The van der Waals surface area contributed by atoms with Crippen LogP contribution in [0.2, 0.25) is 13.1 Å². The van der Waals surface area contributed by atoms with E-state index in [4.69, 9.17) is 0 Å². The van der Waals surface area contributed by atoms with Crippen LogP contribution in [0.1, 0.15) is 136 Å². The Kier molecular flexibility index (Phi) is 14.9. The number of hydrogen-bond acceptors (Lipinski definition) is 2. The number of phenolic OH excluding ortho intramolecular Hbond substituents is 2. The van der Waals surface area contributed by atoms with E-state index < -0.39 is 8.07 Å². The molecule has 8 rings (SSSR count). The summed E-state index contributed by atoms with van der Waals surface area (Å²) in [6, 6.07) is 21.1. The third kappa shape index (κ3) is 9.87. The van der Waals surface area contributed by atoms with Gasteiger partial charge in [0.2, 0.25) is 0 Å². The van der Waals surface area contributed by atoms with Crippen molar-refractivity contribution in [1.29, 1.82) is 0 Å². The van der Waals surface area contributed by atoms with Gasteiger partial charge in [-0.3, -0.25) is 0 Å². The Balaban J connectivity index is 0.000000224. The maximum atomic E-state index is 9.57. The van der Waals surface area contributed by atoms with Crippen molar-refractivity contribution >= 4 is 18.4 Å². The summed E-state index contributed by atoms with van der Waals surface area (Å²) in [5, 5.41) is 22.4. The zero-order valence-corrected chi connectivity index (χ0v) is 41.7. The minimum Gasteiger partial charge on any atom is -0.508 e. The van der Waals surface area contributed by atoms with Gasteiger partial charge in [0.15, 0.2) is 0 Å². The van der Waals surface area contributed by atoms with Crippen LogP contribution in [0.15, 0.2) is 120 Å². The first-order valence-electron chi connectivity index (χ1n) is 21.8. The molecule has 2 N–H and O–H groups in total. The van der Waals surface area contributed by atoms with Crippen LogP contribution in [-0.2, 0) is 49.9 Å². The Hall–Kier alpha value is -3.98. The second kappa shape index (κ2) is 19.0. The number of phenols is 2. The number of hydrogen-bond donors (Lipinski definition) is 2. The van der Waals surface area contributed by atoms with Crippen molar-refractivity contribution in [3.8, 4) is 11.5 Å². The van der Waals surface area contributed by atoms with Crippen LogP contribution in [-0.4, -0.2) is 18.3 Å². The summed E-state index contributed by atoms with van der Waals surface area (Å²) in [5.41, 5.74) is 15.9. The van der Waals surface area contributed by atoms with Gasteiger partial charge in [0.05, 0.1) is 0 Å². The molecule has 0 aromatic heterocycles. The molecule has 0 heterocycles. The standard InChI is InChI=1S/C34H34Si.2C11H16O.Zr/c1-5-11-23-17-19-29-27-15-9-7-13-25(27)21-31(29)33(23)35(3,4)34-24(12-6-2)18-20-30-28-16-10-8-14-26(28)22-32(30)34;2*1-8-5-6-10(12)9(7-8)11(2,3)4;/h7-10,13-20,27-28H,5-6,11-12H2,1-4H3;2*5-7,12H,1-4H3;/q-2;;;+2. The van der Waals surface area contributed by atoms with Crippen molar-refractivity contribution in [3.63, 3.8) is 0 Å². The Morgan fingerprint density at radius 3 is 1.28 bits per heavy atom. The van der Waals surface area contributed by atoms with Crippen molar-refractivity contribution in [2.24, 2.45) is 0 Å². The third-order valence-electron chi connectivity index (χ3n) is 12.1. The van der Waals surface area contributed by atoms with Gasteiger partial charge in [-0.15, -0.1) is 92.4 Å². The van der Waals surface area contributed by atoms with Crippen molar-refractivity contribution in [1.82, 2.24) is 0 Å². The van der Waals surface area contributed by atoms with E-state index in [0.717, 1.165) is 24.0 Å². The van der Waals surface area contributed by atoms with Gasteiger partial charge in [-0.1, -0.05) is 164 Å². The van der Waals surface area contributed by atoms with E-state index in [1.807, 2.05) is 38.1 Å². The molecule has 4 aliphatic rings. The molecule has 0 radical (unpaired) electrons. The monoisotopic (exact) mass is 888 g/mol. The predicted molar refractivity (Wildman–Crippen MR) is 254 cm³/mol. The fraction of sp³-hybridized carbons (Fsp3) is 0.357. The average Bonchev–Trinajstić information content (AvgIpc) is 3.74. The maximum absolute atomic E-state index is 9.57. The molecule has 0 spiro atoms. The topological polar surface area (TPSA) is 40.5 Å². The van der Waals surface area contributed by atoms with Crippen LogP contribution < -0.4 is 10.4 Å². The molecule has 0 saturated carbocycles. The molecule has 2 nitrogen and oxygen atoms in total. The molecule has 0 fully saturated rings. The smallest absolute Gasteiger partial charge is 0.508 e. The fourth-order valence-electron chi connectivity index (χ4n) is 9.27. The quantitative estimate of drug-likeness (QED) is 0.150. The second-order valence-electron chi connectivity index (χ2n) is 19.4. The first-order chi connectivity index (χ1) is 27.9. The normalized spacial score (nSPS) is 16.9. The Morgan fingerprint density at radius 1 is 0.567 bits per heavy atom. The molecule has 2 unspecified atom stereocenters. The molecule has 4 aromatic rings. The van der Waals surface area contributed by atoms with E-state index in [1.165, 1.54) is 68.5 Å². The van der Waals surface area contributed by atoms with Gasteiger partial charge in [-0.25, -0.2) is 0 Å². The van der Waals surface area contributed by atoms with Crippen LogP contribution >= 0.6 is 0 Å². The number of allylic oxidation sites excluding steroid dienone is 10. The molecule has 310 valence electrons. The van der Waals surface area contributed by atoms with Gasteiger partial charge in [-0.2, -0.15) is 0 Å². The number of benzene rings is 4. The third-order valence-corrected chi connectivity index (χ3v) is 15.8. The average molecular weight is 890 g/mol. The largest absolute Gasteiger partial charge is 2.00 e. The summed E-state index contributed by atoms with van der Waals surface area (Å²) in [7, 11) is -2.11. The van der Waals surface area contributed by atoms with Gasteiger partial charge >= 0.3 is 26.2 Å². The fourth-order valence-corrected chi connectivity index (χ4v) is 13.2. The molecule has 4 aliphatic carbocycles. The van der Waals surface area contributed by atoms with Crippen LogP contribution in [0.3, 0.4) is 0 Å². The summed E-state index contributed by atoms with van der Waals surface area (Å²) in [4.78, 5) is 0. The number of aryl methyl sites for hydroxylation is 4. The first kappa shape index (κ1) is 47.1. The van der Waals surface area contributed by atoms with Gasteiger partial charge in [-0.05, 0) is 72.6 Å². The van der Waals surface area contributed by atoms with E-state index in [1.54, 1.807) is 22.5 Å². The summed E-state index contributed by atoms with van der Waals surface area (Å²) in [5.74, 6) is 1.51. The van der Waals surface area contributed by atoms with E-state index in [2.05, 4.69) is 154 Å². The molecular weight excluding hydrogens is 824 g/mol. The Labute approximate surface area is 382 Å². The van der Waals surface area contributed by atoms with Gasteiger partial charge < -0.3 is 10.2 Å². The van der Waals surface area contributed by atoms with Crippen molar-refractivity contribution < 1.29 is 36.4 Å². The molecule has 0 bridgehead atoms. The van der Waals surface area contributed by atoms with Crippen molar-refractivity contribution in [3.05, 3.63) is 188 Å². The van der Waals surface area contributed by atoms with Crippen LogP contribution in [0, 0.1) is 26.0 Å². The number of rotatable bonds is 6. The molecule has 0 aliphatic heterocycles. The van der Waals surface area contributed by atoms with Crippen LogP contribution in [0.4, 0.5) is 0 Å². The van der Waals surface area contributed by atoms with E-state index >= 15 is 0 Å². The maximum Gasteiger partial charge on any atom is 2.00 e. The second-order valence-corrected chi connectivity index (χ2v) is 23.6. The zero-order chi connectivity index (χ0) is 42.9. The SMILES string of the molecule is CCCc1ccc2c(c1[Si](C)(C)c1c(CCC)ccc3c1[C-]=C1C=CC=CC13)[C-]=C1C=CC=CC12.Cc1ccc(O)c(C(C)(C)C)c1.Cc1ccc(O)c(C(C)(C)C)c1.[Zr+2]. The Morgan fingerprint density at radius 2 is 0.950 bits per heavy atom. The van der Waals surface area contributed by atoms with Gasteiger partial charge in [0, 0.05) is 8.07 Å². The Bertz CT molecular complexity index is 2240. The number of aromatic hydroxyl groups is 2. The van der Waals surface area contributed by atoms with Gasteiger partial charge in [0.25, 0.3) is 0 Å². The first-order valence-corrected chi connectivity index (χ1v) is 24.8. The van der Waals surface area contributed by atoms with Gasteiger partial charge in [0.1, 0.15) is 11.5 Å². The van der Waals surface area contributed by atoms with Crippen LogP contribution in [0.5, 0.6) is 11.5 Å². The minimum absolute atomic E-state index is 0. The molecule has 2 atom stereocenters. The van der Waals surface area contributed by atoms with E-state index in [0.29, 0.717) is 23.3 Å². The summed E-state index contributed by atoms with van der Waals surface area (Å²) in [6.07, 6.45) is 30.3. The van der Waals surface area contributed by atoms with E-state index in [9.17, 15) is 10.2 Å². The molecular formula is C56H66O2SiZr. The predicted octanol–water partition coefficient (Wildman–Crippen LogP) is 13.0. The van der Waals surface area contributed by atoms with Crippen molar-refractivity contribution in [2.45, 2.75) is 131 Å². The molecule has 0 amide bonds. The minimum atomic E-state index is -2.11. The summed E-state index contributed by atoms with van der Waals surface area (Å²) in [6.45, 7) is 26.5. The molecule has 60 heavy (non-hydrogen) atoms. The van der Waals surface area contributed by atoms with Crippen molar-refractivity contribution in [2.75, 3.05) is 0 Å². The number of fused-ring (bicyclic) bond motifs is 6.